The van der Waals surface area contributed by atoms with E-state index in [9.17, 15) is 54.9 Å². The fraction of sp³-hybridized carbons (Fsp3) is 0.829. The number of aliphatic hydroxyl groups is 7. The van der Waals surface area contributed by atoms with E-state index in [4.69, 9.17) is 66.3 Å². The zero-order valence-electron chi connectivity index (χ0n) is 57.2. The van der Waals surface area contributed by atoms with Crippen LogP contribution in [0.2, 0.25) is 0 Å². The molecule has 6 fully saturated rings. The van der Waals surface area contributed by atoms with Gasteiger partial charge < -0.3 is 102 Å². The van der Waals surface area contributed by atoms with Crippen molar-refractivity contribution >= 4 is 30.0 Å². The molecule has 1 aromatic rings. The van der Waals surface area contributed by atoms with Gasteiger partial charge in [0.1, 0.15) is 67.1 Å². The van der Waals surface area contributed by atoms with Crippen LogP contribution in [0.15, 0.2) is 36.4 Å². The number of esters is 4. The van der Waals surface area contributed by atoms with E-state index in [1.807, 2.05) is 6.07 Å². The summed E-state index contributed by atoms with van der Waals surface area (Å²) in [5.74, 6) is -3.63. The standard InChI is InChI=1S/C70H112O25/c1-10-13-15-16-18-22-30-36-48(72)90-64-63(95-66-54(78)52(76)50(74)40(5)82-66)59(93-67-56(80)60(58(43(8)84-67)91-65(81)39(4)12-3)88-49(73)38-37-45-31-26-24-27-32-45)44(9)86-70(64)92-57-42(7)85-69-62(55(57)79)89-47(71)35-29-23-20-17-19-21-28-34-46(33-25-14-11-2)87-68-61(94-69)53(77)51(75)41(6)83-68/h24,26-27,31-32,37-44,46,50-64,66-70,74-80H,10-23,25,28-30,33-36H2,1-9H3/t39-,40-,41+,42-,43-,44-,46-,50-,51-,52+,53-,54+,55+,56+,57-,58-,59-,60-,61+,62+,63+,64+,66-,67-,68-,69-,70-/m0/s1. The molecule has 542 valence electrons. The van der Waals surface area contributed by atoms with Crippen LogP contribution in [-0.4, -0.2) is 219 Å². The molecule has 0 spiro atoms. The van der Waals surface area contributed by atoms with Crippen LogP contribution in [-0.2, 0) is 85.5 Å². The fourth-order valence-electron chi connectivity index (χ4n) is 13.0. The van der Waals surface area contributed by atoms with Crippen molar-refractivity contribution in [2.75, 3.05) is 0 Å². The number of aliphatic hydroxyl groups excluding tert-OH is 7. The zero-order valence-corrected chi connectivity index (χ0v) is 57.2. The Morgan fingerprint density at radius 3 is 1.77 bits per heavy atom. The smallest absolute Gasteiger partial charge is 0.331 e. The number of ether oxygens (including phenoxy) is 14. The number of benzene rings is 1. The van der Waals surface area contributed by atoms with Gasteiger partial charge in [0, 0.05) is 18.9 Å². The topological polar surface area (TPSA) is 339 Å². The summed E-state index contributed by atoms with van der Waals surface area (Å²) in [7, 11) is 0. The Morgan fingerprint density at radius 1 is 0.505 bits per heavy atom. The first kappa shape index (κ1) is 78.5. The summed E-state index contributed by atoms with van der Waals surface area (Å²) in [5.41, 5.74) is 0.665. The number of carbonyl (C=O) groups is 4. The van der Waals surface area contributed by atoms with E-state index in [1.54, 1.807) is 45.0 Å². The third kappa shape index (κ3) is 22.3. The Kier molecular flexibility index (Phi) is 32.4. The Hall–Kier alpha value is -3.84. The summed E-state index contributed by atoms with van der Waals surface area (Å²) in [6.07, 6.45) is -20.0. The molecule has 25 nitrogen and oxygen atoms in total. The van der Waals surface area contributed by atoms with Gasteiger partial charge in [0.05, 0.1) is 42.5 Å². The molecule has 7 rings (SSSR count). The lowest BCUT2D eigenvalue weighted by Gasteiger charge is -2.51. The minimum Gasteiger partial charge on any atom is -0.455 e. The highest BCUT2D eigenvalue weighted by atomic mass is 16.8. The normalized spacial score (nSPS) is 39.1. The molecule has 0 aliphatic carbocycles. The molecule has 6 aliphatic heterocycles. The van der Waals surface area contributed by atoms with Gasteiger partial charge in [-0.25, -0.2) is 4.79 Å². The Balaban J connectivity index is 1.25. The minimum atomic E-state index is -1.94. The van der Waals surface area contributed by atoms with Crippen molar-refractivity contribution in [2.24, 2.45) is 5.92 Å². The SMILES string of the molecule is CCCCCCCCCC(=O)O[C@H]1[C@H](O[C@@H]2[C@@H](O)[C@H]3OC(=O)CCCCCCCCC[C@H](CCCCC)O[C@@H]4O[C@H](C)[C@H](O)[C@H](O)[C@H]4O[C@@H]3O[C@H]2C)O[C@@H](C)[C@H](O[C@@H]2O[C@@H](C)[C@H](OC(=O)[C@@H](C)CC)[C@@H](OC(=O)C=Cc3ccccc3)[C@H]2O)[C@H]1O[C@@H]1O[C@@H](C)[C@H](O)[C@@H](O)[C@H]1O. The summed E-state index contributed by atoms with van der Waals surface area (Å²) >= 11 is 0. The van der Waals surface area contributed by atoms with Crippen molar-refractivity contribution in [3.8, 4) is 0 Å². The van der Waals surface area contributed by atoms with Gasteiger partial charge in [-0.2, -0.15) is 0 Å². The molecule has 25 heteroatoms. The van der Waals surface area contributed by atoms with E-state index in [0.29, 0.717) is 44.1 Å². The molecule has 0 unspecified atom stereocenters. The minimum absolute atomic E-state index is 0.0377. The molecule has 0 amide bonds. The third-order valence-electron chi connectivity index (χ3n) is 19.1. The summed E-state index contributed by atoms with van der Waals surface area (Å²) in [6, 6.07) is 8.89. The summed E-state index contributed by atoms with van der Waals surface area (Å²) in [5, 5.41) is 82.0. The Bertz CT molecular complexity index is 2460. The van der Waals surface area contributed by atoms with Crippen molar-refractivity contribution in [3.63, 3.8) is 0 Å². The van der Waals surface area contributed by atoms with E-state index >= 15 is 0 Å². The second kappa shape index (κ2) is 39.2. The van der Waals surface area contributed by atoms with E-state index < -0.39 is 183 Å². The third-order valence-corrected chi connectivity index (χ3v) is 19.1. The second-order valence-corrected chi connectivity index (χ2v) is 26.8. The van der Waals surface area contributed by atoms with Crippen molar-refractivity contribution in [3.05, 3.63) is 42.0 Å². The molecule has 0 radical (unpaired) electrons. The molecule has 6 aliphatic rings. The highest BCUT2D eigenvalue weighted by Gasteiger charge is 2.59. The van der Waals surface area contributed by atoms with Crippen LogP contribution in [0.25, 0.3) is 6.08 Å². The average molecular weight is 1350 g/mol. The largest absolute Gasteiger partial charge is 0.455 e. The fourth-order valence-corrected chi connectivity index (χ4v) is 13.0. The average Bonchev–Trinajstić information content (AvgIpc) is 0.770. The van der Waals surface area contributed by atoms with Gasteiger partial charge in [-0.05, 0) is 78.4 Å². The van der Waals surface area contributed by atoms with Crippen LogP contribution in [0.3, 0.4) is 0 Å². The van der Waals surface area contributed by atoms with Gasteiger partial charge in [-0.15, -0.1) is 0 Å². The van der Waals surface area contributed by atoms with Crippen molar-refractivity contribution in [1.29, 1.82) is 0 Å². The summed E-state index contributed by atoms with van der Waals surface area (Å²) in [6.45, 7) is 15.3. The molecule has 6 saturated heterocycles. The first-order valence-corrected chi connectivity index (χ1v) is 35.4. The molecule has 0 saturated carbocycles. The van der Waals surface area contributed by atoms with Crippen LogP contribution in [0.4, 0.5) is 0 Å². The first-order chi connectivity index (χ1) is 45.5. The van der Waals surface area contributed by atoms with Gasteiger partial charge in [0.15, 0.2) is 55.9 Å². The lowest BCUT2D eigenvalue weighted by molar-refractivity contribution is -0.399. The number of carbonyl (C=O) groups excluding carboxylic acids is 4. The predicted molar refractivity (Wildman–Crippen MR) is 341 cm³/mol. The lowest BCUT2D eigenvalue weighted by atomic mass is 9.95. The second-order valence-electron chi connectivity index (χ2n) is 26.8. The summed E-state index contributed by atoms with van der Waals surface area (Å²) in [4.78, 5) is 55.6. The van der Waals surface area contributed by atoms with Crippen LogP contribution < -0.4 is 0 Å². The molecular formula is C70H112O25. The monoisotopic (exact) mass is 1350 g/mol. The van der Waals surface area contributed by atoms with Crippen LogP contribution >= 0.6 is 0 Å². The summed E-state index contributed by atoms with van der Waals surface area (Å²) < 4.78 is 89.6. The van der Waals surface area contributed by atoms with Gasteiger partial charge in [-0.3, -0.25) is 14.4 Å². The van der Waals surface area contributed by atoms with Crippen molar-refractivity contribution in [2.45, 2.75) is 363 Å². The lowest BCUT2D eigenvalue weighted by Crippen LogP contribution is -2.68. The first-order valence-electron chi connectivity index (χ1n) is 35.4. The number of fused-ring (bicyclic) bond motifs is 2. The van der Waals surface area contributed by atoms with Crippen LogP contribution in [0.5, 0.6) is 0 Å². The Morgan fingerprint density at radius 2 is 1.06 bits per heavy atom. The van der Waals surface area contributed by atoms with Gasteiger partial charge >= 0.3 is 23.9 Å². The molecule has 1 aromatic carbocycles. The van der Waals surface area contributed by atoms with Gasteiger partial charge in [-0.1, -0.05) is 154 Å². The number of hydrogen-bond donors (Lipinski definition) is 7. The van der Waals surface area contributed by atoms with Crippen molar-refractivity contribution in [1.82, 2.24) is 0 Å². The zero-order chi connectivity index (χ0) is 68.9. The highest BCUT2D eigenvalue weighted by molar-refractivity contribution is 5.87. The van der Waals surface area contributed by atoms with Gasteiger partial charge in [0.2, 0.25) is 0 Å². The van der Waals surface area contributed by atoms with Crippen molar-refractivity contribution < 1.29 is 121 Å². The van der Waals surface area contributed by atoms with Crippen LogP contribution in [0.1, 0.15) is 209 Å². The highest BCUT2D eigenvalue weighted by Crippen LogP contribution is 2.40. The molecule has 95 heavy (non-hydrogen) atoms. The number of unbranched alkanes of at least 4 members (excludes halogenated alkanes) is 8. The van der Waals surface area contributed by atoms with Crippen LogP contribution in [0, 0.1) is 5.92 Å². The van der Waals surface area contributed by atoms with E-state index in [0.717, 1.165) is 96.0 Å². The quantitative estimate of drug-likeness (QED) is 0.0229. The van der Waals surface area contributed by atoms with E-state index in [2.05, 4.69) is 13.8 Å². The maximum atomic E-state index is 14.5. The predicted octanol–water partition coefficient (Wildman–Crippen LogP) is 6.81. The maximum absolute atomic E-state index is 14.5. The number of hydrogen-bond acceptors (Lipinski definition) is 25. The molecule has 7 N–H and O–H groups in total. The van der Waals surface area contributed by atoms with E-state index in [1.165, 1.54) is 33.8 Å². The van der Waals surface area contributed by atoms with Gasteiger partial charge in [0.25, 0.3) is 0 Å². The molecule has 6 heterocycles. The number of rotatable bonds is 25. The molecule has 0 aromatic heterocycles. The maximum Gasteiger partial charge on any atom is 0.331 e. The van der Waals surface area contributed by atoms with E-state index in [-0.39, 0.29) is 18.9 Å². The molecular weight excluding hydrogens is 1240 g/mol. The molecule has 27 atom stereocenters. The molecule has 0 bridgehead atoms. The Labute approximate surface area is 560 Å².